The lowest BCUT2D eigenvalue weighted by Crippen LogP contribution is -2.45. The molecule has 0 aromatic heterocycles. The molecule has 0 aliphatic heterocycles. The summed E-state index contributed by atoms with van der Waals surface area (Å²) in [7, 11) is 1.56. The van der Waals surface area contributed by atoms with Crippen LogP contribution in [-0.2, 0) is 18.4 Å². The SMILES string of the molecule is CCCCCCCCCC/C=C\CCCCCCCCCCCCCCCCCCCCCCCCCCCC(=O)NC(COP(=O)(O)OCC[N+](C)(C)C)C(O)/C=C/CC/C=C/CC/C=C/CCCCCCCCCCCCCCCC. The van der Waals surface area contributed by atoms with Gasteiger partial charge in [-0.25, -0.2) is 4.57 Å². The number of unbranched alkanes of at least 4 members (excludes halogenated alkanes) is 49. The number of hydrogen-bond acceptors (Lipinski definition) is 5. The fourth-order valence-electron chi connectivity index (χ4n) is 11.1. The summed E-state index contributed by atoms with van der Waals surface area (Å²) in [4.78, 5) is 23.4. The summed E-state index contributed by atoms with van der Waals surface area (Å²) in [6.45, 7) is 4.84. The maximum absolute atomic E-state index is 13.1. The highest BCUT2D eigenvalue weighted by Crippen LogP contribution is 2.43. The van der Waals surface area contributed by atoms with Crippen LogP contribution in [0.1, 0.15) is 367 Å². The zero-order chi connectivity index (χ0) is 60.5. The van der Waals surface area contributed by atoms with Crippen molar-refractivity contribution >= 4 is 13.7 Å². The summed E-state index contributed by atoms with van der Waals surface area (Å²) in [5.74, 6) is -0.184. The molecule has 0 saturated carbocycles. The molecule has 0 rings (SSSR count). The van der Waals surface area contributed by atoms with Crippen molar-refractivity contribution in [2.45, 2.75) is 379 Å². The van der Waals surface area contributed by atoms with Crippen molar-refractivity contribution in [1.29, 1.82) is 0 Å². The Morgan fingerprint density at radius 1 is 0.398 bits per heavy atom. The van der Waals surface area contributed by atoms with E-state index in [1.165, 1.54) is 302 Å². The van der Waals surface area contributed by atoms with E-state index in [-0.39, 0.29) is 19.1 Å². The monoisotopic (exact) mass is 1190 g/mol. The third-order valence-electron chi connectivity index (χ3n) is 16.7. The van der Waals surface area contributed by atoms with Crippen molar-refractivity contribution in [3.05, 3.63) is 48.6 Å². The number of aliphatic hydroxyl groups excluding tert-OH is 1. The summed E-state index contributed by atoms with van der Waals surface area (Å²) in [6.07, 6.45) is 88.6. The Bertz CT molecular complexity index is 1490. The first kappa shape index (κ1) is 81.5. The number of carbonyl (C=O) groups excluding carboxylic acids is 1. The van der Waals surface area contributed by atoms with Gasteiger partial charge in [-0.1, -0.05) is 339 Å². The van der Waals surface area contributed by atoms with Crippen molar-refractivity contribution in [3.63, 3.8) is 0 Å². The van der Waals surface area contributed by atoms with E-state index >= 15 is 0 Å². The summed E-state index contributed by atoms with van der Waals surface area (Å²) in [6, 6.07) is -0.871. The number of phosphoric acid groups is 1. The molecule has 8 nitrogen and oxygen atoms in total. The lowest BCUT2D eigenvalue weighted by molar-refractivity contribution is -0.870. The molecule has 3 atom stereocenters. The van der Waals surface area contributed by atoms with Gasteiger partial charge >= 0.3 is 7.82 Å². The fraction of sp³-hybridized carbons (Fsp3) is 0.878. The molecule has 0 aromatic rings. The molecule has 3 N–H and O–H groups in total. The van der Waals surface area contributed by atoms with Gasteiger partial charge in [-0.05, 0) is 70.6 Å². The average Bonchev–Trinajstić information content (AvgIpc) is 3.50. The summed E-state index contributed by atoms with van der Waals surface area (Å²) < 4.78 is 23.8. The smallest absolute Gasteiger partial charge is 0.387 e. The van der Waals surface area contributed by atoms with Crippen LogP contribution in [0.5, 0.6) is 0 Å². The van der Waals surface area contributed by atoms with E-state index in [2.05, 4.69) is 55.6 Å². The Morgan fingerprint density at radius 3 is 0.964 bits per heavy atom. The van der Waals surface area contributed by atoms with Gasteiger partial charge in [-0.2, -0.15) is 0 Å². The molecule has 0 saturated heterocycles. The number of amides is 1. The van der Waals surface area contributed by atoms with Crippen LogP contribution < -0.4 is 5.32 Å². The van der Waals surface area contributed by atoms with Crippen molar-refractivity contribution < 1.29 is 32.9 Å². The second-order valence-corrected chi connectivity index (χ2v) is 27.8. The first-order valence-electron chi connectivity index (χ1n) is 36.5. The highest BCUT2D eigenvalue weighted by atomic mass is 31.2. The largest absolute Gasteiger partial charge is 0.472 e. The normalized spacial score (nSPS) is 13.9. The van der Waals surface area contributed by atoms with Crippen LogP contribution in [0.25, 0.3) is 0 Å². The molecule has 0 spiro atoms. The van der Waals surface area contributed by atoms with Gasteiger partial charge in [0, 0.05) is 6.42 Å². The molecule has 0 radical (unpaired) electrons. The Balaban J connectivity index is 4.01. The molecule has 1 amide bonds. The maximum atomic E-state index is 13.1. The molecular weight excluding hydrogens is 1040 g/mol. The fourth-order valence-corrected chi connectivity index (χ4v) is 11.8. The van der Waals surface area contributed by atoms with E-state index in [1.807, 2.05) is 27.2 Å². The number of quaternary nitrogens is 1. The third-order valence-corrected chi connectivity index (χ3v) is 17.7. The molecule has 83 heavy (non-hydrogen) atoms. The molecule has 0 bridgehead atoms. The predicted octanol–water partition coefficient (Wildman–Crippen LogP) is 23.4. The quantitative estimate of drug-likeness (QED) is 0.0243. The number of carbonyl (C=O) groups is 1. The van der Waals surface area contributed by atoms with E-state index in [4.69, 9.17) is 9.05 Å². The number of allylic oxidation sites excluding steroid dienone is 7. The van der Waals surface area contributed by atoms with Gasteiger partial charge in [0.15, 0.2) is 0 Å². The van der Waals surface area contributed by atoms with Gasteiger partial charge < -0.3 is 19.8 Å². The van der Waals surface area contributed by atoms with Crippen LogP contribution in [-0.4, -0.2) is 73.4 Å². The van der Waals surface area contributed by atoms with Gasteiger partial charge in [0.2, 0.25) is 5.91 Å². The van der Waals surface area contributed by atoms with E-state index in [0.717, 1.165) is 44.9 Å². The topological polar surface area (TPSA) is 105 Å². The Kier molecular flexibility index (Phi) is 63.7. The first-order chi connectivity index (χ1) is 40.5. The van der Waals surface area contributed by atoms with Crippen LogP contribution in [0, 0.1) is 0 Å². The molecule has 0 aliphatic rings. The van der Waals surface area contributed by atoms with Gasteiger partial charge in [-0.3, -0.25) is 13.8 Å². The number of rotatable bonds is 68. The molecule has 9 heteroatoms. The van der Waals surface area contributed by atoms with Crippen LogP contribution in [0.2, 0.25) is 0 Å². The molecule has 0 fully saturated rings. The number of hydrogen-bond donors (Lipinski definition) is 3. The molecule has 3 unspecified atom stereocenters. The second-order valence-electron chi connectivity index (χ2n) is 26.3. The molecule has 0 aliphatic carbocycles. The van der Waals surface area contributed by atoms with Crippen LogP contribution in [0.4, 0.5) is 0 Å². The van der Waals surface area contributed by atoms with E-state index < -0.39 is 20.0 Å². The van der Waals surface area contributed by atoms with E-state index in [0.29, 0.717) is 17.4 Å². The standard InChI is InChI=1S/C74H143N2O6P/c1-6-8-10-12-14-16-18-20-22-24-26-28-30-32-33-34-35-36-37-38-39-40-41-42-43-44-46-48-50-52-54-56-58-60-62-64-66-68-74(78)75-72(71-82-83(79,80)81-70-69-76(3,4)5)73(77)67-65-63-61-59-57-55-53-51-49-47-45-31-29-27-25-23-21-19-17-15-13-11-9-7-2/h24,26,49,51,57,59,65,67,72-73,77H,6-23,25,27-48,50,52-56,58,60-64,66,68-71H2,1-5H3,(H-,75,78,79,80)/p+1/b26-24-,51-49+,59-57+,67-65+. The minimum Gasteiger partial charge on any atom is -0.387 e. The molecular formula is C74H144N2O6P+. The van der Waals surface area contributed by atoms with Crippen molar-refractivity contribution in [2.24, 2.45) is 0 Å². The first-order valence-corrected chi connectivity index (χ1v) is 38.0. The zero-order valence-electron chi connectivity index (χ0n) is 56.2. The van der Waals surface area contributed by atoms with Crippen LogP contribution >= 0.6 is 7.82 Å². The van der Waals surface area contributed by atoms with Crippen molar-refractivity contribution in [2.75, 3.05) is 40.9 Å². The van der Waals surface area contributed by atoms with Crippen molar-refractivity contribution in [3.8, 4) is 0 Å². The van der Waals surface area contributed by atoms with E-state index in [9.17, 15) is 19.4 Å². The number of nitrogens with one attached hydrogen (secondary N) is 1. The zero-order valence-corrected chi connectivity index (χ0v) is 57.1. The number of likely N-dealkylation sites (N-methyl/N-ethyl adjacent to an activating group) is 1. The number of aliphatic hydroxyl groups is 1. The highest BCUT2D eigenvalue weighted by molar-refractivity contribution is 7.47. The lowest BCUT2D eigenvalue weighted by atomic mass is 10.0. The average molecular weight is 1190 g/mol. The molecule has 490 valence electrons. The minimum atomic E-state index is -4.37. The summed E-state index contributed by atoms with van der Waals surface area (Å²) in [5, 5.41) is 14.0. The maximum Gasteiger partial charge on any atom is 0.472 e. The van der Waals surface area contributed by atoms with Crippen molar-refractivity contribution in [1.82, 2.24) is 5.32 Å². The predicted molar refractivity (Wildman–Crippen MR) is 364 cm³/mol. The Labute approximate surface area is 518 Å². The highest BCUT2D eigenvalue weighted by Gasteiger charge is 2.28. The Hall–Kier alpha value is -1.54. The number of phosphoric ester groups is 1. The summed E-state index contributed by atoms with van der Waals surface area (Å²) >= 11 is 0. The minimum absolute atomic E-state index is 0.0547. The molecule has 0 heterocycles. The molecule has 0 aromatic carbocycles. The van der Waals surface area contributed by atoms with Gasteiger partial charge in [-0.15, -0.1) is 0 Å². The third kappa shape index (κ3) is 67.8. The van der Waals surface area contributed by atoms with E-state index in [1.54, 1.807) is 6.08 Å². The van der Waals surface area contributed by atoms with Gasteiger partial charge in [0.05, 0.1) is 39.9 Å². The number of nitrogens with zero attached hydrogens (tertiary/aromatic N) is 1. The summed E-state index contributed by atoms with van der Waals surface area (Å²) in [5.41, 5.74) is 0. The van der Waals surface area contributed by atoms with Gasteiger partial charge in [0.1, 0.15) is 13.2 Å². The second kappa shape index (κ2) is 64.9. The Morgan fingerprint density at radius 2 is 0.663 bits per heavy atom. The lowest BCUT2D eigenvalue weighted by Gasteiger charge is -2.25. The van der Waals surface area contributed by atoms with Gasteiger partial charge in [0.25, 0.3) is 0 Å². The van der Waals surface area contributed by atoms with Crippen LogP contribution in [0.15, 0.2) is 48.6 Å². The van der Waals surface area contributed by atoms with Crippen LogP contribution in [0.3, 0.4) is 0 Å².